The summed E-state index contributed by atoms with van der Waals surface area (Å²) >= 11 is 5.94. The van der Waals surface area contributed by atoms with Gasteiger partial charge in [-0.3, -0.25) is 9.59 Å². The Morgan fingerprint density at radius 1 is 1.13 bits per heavy atom. The van der Waals surface area contributed by atoms with Crippen molar-refractivity contribution in [2.75, 3.05) is 26.2 Å². The Balaban J connectivity index is 1.99. The lowest BCUT2D eigenvalue weighted by Crippen LogP contribution is -2.33. The number of amides is 1. The first-order valence-electron chi connectivity index (χ1n) is 10.2. The number of likely N-dealkylation sites (tertiary alicyclic amines) is 1. The van der Waals surface area contributed by atoms with Crippen LogP contribution in [0.2, 0.25) is 5.02 Å². The average Bonchev–Trinajstić information content (AvgIpc) is 3.27. The fraction of sp³-hybridized carbons (Fsp3) is 0.391. The zero-order valence-corrected chi connectivity index (χ0v) is 18.3. The van der Waals surface area contributed by atoms with Crippen LogP contribution in [0.15, 0.2) is 46.4 Å². The Kier molecular flexibility index (Phi) is 7.00. The van der Waals surface area contributed by atoms with Gasteiger partial charge in [0.05, 0.1) is 5.57 Å². The van der Waals surface area contributed by atoms with Crippen LogP contribution < -0.4 is 0 Å². The first-order valence-corrected chi connectivity index (χ1v) is 10.6. The number of aliphatic hydroxyl groups excluding tert-OH is 1. The van der Waals surface area contributed by atoms with E-state index in [1.807, 2.05) is 0 Å². The maximum absolute atomic E-state index is 12.9. The van der Waals surface area contributed by atoms with Crippen molar-refractivity contribution in [2.24, 2.45) is 0 Å². The lowest BCUT2D eigenvalue weighted by Gasteiger charge is -2.25. The van der Waals surface area contributed by atoms with Crippen LogP contribution in [0.3, 0.4) is 0 Å². The number of nitrogens with zero attached hydrogens (tertiary/aromatic N) is 2. The number of Topliss-reactive ketones (excluding diaryl/α,β-unsaturated/α-hetero) is 1. The first kappa shape index (κ1) is 22.1. The summed E-state index contributed by atoms with van der Waals surface area (Å²) in [7, 11) is 0. The minimum atomic E-state index is -0.758. The van der Waals surface area contributed by atoms with E-state index in [4.69, 9.17) is 16.0 Å². The summed E-state index contributed by atoms with van der Waals surface area (Å²) in [6.45, 7) is 9.04. The molecule has 1 aliphatic rings. The number of carbonyl (C=O) groups excluding carboxylic acids is 2. The molecule has 1 N–H and O–H groups in total. The number of benzene rings is 1. The molecule has 0 aliphatic carbocycles. The number of ketones is 1. The molecule has 1 unspecified atom stereocenters. The molecule has 1 saturated heterocycles. The normalized spacial score (nSPS) is 18.6. The lowest BCUT2D eigenvalue weighted by atomic mass is 9.99. The predicted molar refractivity (Wildman–Crippen MR) is 116 cm³/mol. The van der Waals surface area contributed by atoms with Crippen molar-refractivity contribution < 1.29 is 19.1 Å². The molecule has 3 rings (SSSR count). The van der Waals surface area contributed by atoms with E-state index in [0.29, 0.717) is 35.1 Å². The minimum Gasteiger partial charge on any atom is -0.507 e. The number of rotatable bonds is 8. The summed E-state index contributed by atoms with van der Waals surface area (Å²) in [4.78, 5) is 29.5. The zero-order chi connectivity index (χ0) is 21.8. The second kappa shape index (κ2) is 9.49. The van der Waals surface area contributed by atoms with E-state index in [-0.39, 0.29) is 11.3 Å². The highest BCUT2D eigenvalue weighted by Gasteiger charge is 2.47. The molecule has 30 heavy (non-hydrogen) atoms. The van der Waals surface area contributed by atoms with Gasteiger partial charge in [0.2, 0.25) is 0 Å². The van der Waals surface area contributed by atoms with Gasteiger partial charge in [0, 0.05) is 17.1 Å². The molecule has 0 spiro atoms. The first-order chi connectivity index (χ1) is 14.4. The molecule has 2 heterocycles. The zero-order valence-electron chi connectivity index (χ0n) is 17.5. The van der Waals surface area contributed by atoms with Crippen LogP contribution in [0, 0.1) is 6.92 Å². The van der Waals surface area contributed by atoms with Crippen molar-refractivity contribution in [3.05, 3.63) is 64.1 Å². The van der Waals surface area contributed by atoms with Crippen LogP contribution in [0.1, 0.15) is 43.4 Å². The molecule has 1 amide bonds. The summed E-state index contributed by atoms with van der Waals surface area (Å²) in [6.07, 6.45) is 0.714. The molecule has 6 nitrogen and oxygen atoms in total. The number of carbonyl (C=O) groups is 2. The van der Waals surface area contributed by atoms with Gasteiger partial charge in [-0.1, -0.05) is 25.4 Å². The van der Waals surface area contributed by atoms with Crippen molar-refractivity contribution in [3.63, 3.8) is 0 Å². The minimum absolute atomic E-state index is 0.0412. The average molecular weight is 431 g/mol. The number of furan rings is 1. The van der Waals surface area contributed by atoms with E-state index in [9.17, 15) is 14.7 Å². The van der Waals surface area contributed by atoms with E-state index in [0.717, 1.165) is 19.6 Å². The van der Waals surface area contributed by atoms with Crippen molar-refractivity contribution in [1.29, 1.82) is 0 Å². The standard InChI is InChI=1S/C23H27ClN2O4/c1-4-25(5-2)13-6-14-26-20(18-12-7-15(3)30-18)19(22(28)23(26)29)21(27)16-8-10-17(24)11-9-16/h7-12,20,27H,4-6,13-14H2,1-3H3. The second-order valence-electron chi connectivity index (χ2n) is 7.33. The number of hydrogen-bond donors (Lipinski definition) is 1. The van der Waals surface area contributed by atoms with Crippen molar-refractivity contribution in [3.8, 4) is 0 Å². The molecular weight excluding hydrogens is 404 g/mol. The topological polar surface area (TPSA) is 74.0 Å². The highest BCUT2D eigenvalue weighted by molar-refractivity contribution is 6.46. The van der Waals surface area contributed by atoms with E-state index in [1.54, 1.807) is 43.3 Å². The molecule has 1 atom stereocenters. The largest absolute Gasteiger partial charge is 0.507 e. The fourth-order valence-corrected chi connectivity index (χ4v) is 3.90. The molecule has 1 aromatic heterocycles. The lowest BCUT2D eigenvalue weighted by molar-refractivity contribution is -0.140. The third-order valence-electron chi connectivity index (χ3n) is 5.46. The molecular formula is C23H27ClN2O4. The molecule has 2 aromatic rings. The third-order valence-corrected chi connectivity index (χ3v) is 5.71. The molecule has 1 fully saturated rings. The second-order valence-corrected chi connectivity index (χ2v) is 7.76. The highest BCUT2D eigenvalue weighted by Crippen LogP contribution is 2.40. The smallest absolute Gasteiger partial charge is 0.295 e. The Bertz CT molecular complexity index is 944. The van der Waals surface area contributed by atoms with Gasteiger partial charge in [-0.2, -0.15) is 0 Å². The molecule has 0 saturated carbocycles. The highest BCUT2D eigenvalue weighted by atomic mass is 35.5. The molecule has 1 aliphatic heterocycles. The Morgan fingerprint density at radius 3 is 2.37 bits per heavy atom. The fourth-order valence-electron chi connectivity index (χ4n) is 3.77. The Morgan fingerprint density at radius 2 is 1.80 bits per heavy atom. The van der Waals surface area contributed by atoms with Crippen LogP contribution >= 0.6 is 11.6 Å². The maximum atomic E-state index is 12.9. The summed E-state index contributed by atoms with van der Waals surface area (Å²) in [5.41, 5.74) is 0.466. The van der Waals surface area contributed by atoms with Crippen LogP contribution in [0.5, 0.6) is 0 Å². The number of halogens is 1. The van der Waals surface area contributed by atoms with Gasteiger partial charge < -0.3 is 19.3 Å². The van der Waals surface area contributed by atoms with Gasteiger partial charge in [-0.05, 0) is 69.4 Å². The van der Waals surface area contributed by atoms with Crippen LogP contribution in [-0.4, -0.2) is 52.8 Å². The summed E-state index contributed by atoms with van der Waals surface area (Å²) in [6, 6.07) is 9.27. The molecule has 7 heteroatoms. The van der Waals surface area contributed by atoms with E-state index in [1.165, 1.54) is 4.90 Å². The maximum Gasteiger partial charge on any atom is 0.295 e. The van der Waals surface area contributed by atoms with Gasteiger partial charge in [0.1, 0.15) is 23.3 Å². The van der Waals surface area contributed by atoms with E-state index in [2.05, 4.69) is 18.7 Å². The number of aliphatic hydroxyl groups is 1. The molecule has 0 radical (unpaired) electrons. The van der Waals surface area contributed by atoms with E-state index >= 15 is 0 Å². The van der Waals surface area contributed by atoms with Crippen LogP contribution in [-0.2, 0) is 9.59 Å². The molecule has 0 bridgehead atoms. The summed E-state index contributed by atoms with van der Waals surface area (Å²) < 4.78 is 5.78. The predicted octanol–water partition coefficient (Wildman–Crippen LogP) is 4.40. The van der Waals surface area contributed by atoms with Gasteiger partial charge in [0.25, 0.3) is 11.7 Å². The van der Waals surface area contributed by atoms with Crippen molar-refractivity contribution >= 4 is 29.1 Å². The number of aryl methyl sites for hydroxylation is 1. The van der Waals surface area contributed by atoms with Crippen molar-refractivity contribution in [2.45, 2.75) is 33.2 Å². The van der Waals surface area contributed by atoms with E-state index < -0.39 is 17.7 Å². The van der Waals surface area contributed by atoms with Gasteiger partial charge in [0.15, 0.2) is 0 Å². The van der Waals surface area contributed by atoms with Gasteiger partial charge in [-0.15, -0.1) is 0 Å². The Hall–Kier alpha value is -2.57. The Labute approximate surface area is 181 Å². The monoisotopic (exact) mass is 430 g/mol. The van der Waals surface area contributed by atoms with Crippen LogP contribution in [0.4, 0.5) is 0 Å². The SMILES string of the molecule is CCN(CC)CCCN1C(=O)C(=O)C(=C(O)c2ccc(Cl)cc2)C1c1ccc(C)o1. The summed E-state index contributed by atoms with van der Waals surface area (Å²) in [5, 5.41) is 11.4. The molecule has 1 aromatic carbocycles. The van der Waals surface area contributed by atoms with Crippen molar-refractivity contribution in [1.82, 2.24) is 9.80 Å². The number of hydrogen-bond acceptors (Lipinski definition) is 5. The van der Waals surface area contributed by atoms with Gasteiger partial charge >= 0.3 is 0 Å². The summed E-state index contributed by atoms with van der Waals surface area (Å²) in [5.74, 6) is -0.418. The third kappa shape index (κ3) is 4.45. The van der Waals surface area contributed by atoms with Gasteiger partial charge in [-0.25, -0.2) is 0 Å². The molecule has 160 valence electrons. The quantitative estimate of drug-likeness (QED) is 0.382. The van der Waals surface area contributed by atoms with Crippen LogP contribution in [0.25, 0.3) is 5.76 Å².